The van der Waals surface area contributed by atoms with E-state index in [1.165, 1.54) is 13.0 Å². The molecule has 1 aromatic heterocycles. The van der Waals surface area contributed by atoms with Gasteiger partial charge in [0, 0.05) is 36.1 Å². The first-order valence-electron chi connectivity index (χ1n) is 7.54. The minimum atomic E-state index is -1.02. The fourth-order valence-corrected chi connectivity index (χ4v) is 3.79. The lowest BCUT2D eigenvalue weighted by atomic mass is 10.1. The van der Waals surface area contributed by atoms with Crippen LogP contribution in [-0.2, 0) is 24.2 Å². The van der Waals surface area contributed by atoms with Gasteiger partial charge in [-0.25, -0.2) is 8.78 Å². The molecule has 7 heteroatoms. The second-order valence-electron chi connectivity index (χ2n) is 5.80. The van der Waals surface area contributed by atoms with Gasteiger partial charge in [0.05, 0.1) is 10.0 Å². The number of hydrogen-bond acceptors (Lipinski definition) is 2. The lowest BCUT2D eigenvalue weighted by Gasteiger charge is -2.07. The molecule has 0 atom stereocenters. The second kappa shape index (κ2) is 6.47. The molecule has 4 nitrogen and oxygen atoms in total. The molecule has 1 aromatic carbocycles. The molecule has 24 heavy (non-hydrogen) atoms. The van der Waals surface area contributed by atoms with Crippen molar-refractivity contribution < 1.29 is 18.4 Å². The van der Waals surface area contributed by atoms with Crippen LogP contribution >= 0.6 is 15.9 Å². The number of anilines is 1. The fourth-order valence-electron chi connectivity index (χ4n) is 3.03. The Hall–Kier alpha value is -2.02. The van der Waals surface area contributed by atoms with E-state index in [0.29, 0.717) is 10.0 Å². The van der Waals surface area contributed by atoms with Gasteiger partial charge in [-0.15, -0.1) is 0 Å². The van der Waals surface area contributed by atoms with Crippen molar-refractivity contribution >= 4 is 33.3 Å². The maximum atomic E-state index is 13.3. The third-order valence-corrected chi connectivity index (χ3v) is 4.88. The molecule has 0 saturated heterocycles. The van der Waals surface area contributed by atoms with Crippen molar-refractivity contribution in [3.63, 3.8) is 0 Å². The number of halogens is 3. The van der Waals surface area contributed by atoms with E-state index < -0.39 is 17.5 Å². The number of nitrogens with zero attached hydrogens (tertiary/aromatic N) is 1. The third-order valence-electron chi connectivity index (χ3n) is 4.03. The van der Waals surface area contributed by atoms with Gasteiger partial charge in [0.15, 0.2) is 11.6 Å². The molecule has 126 valence electrons. The largest absolute Gasteiger partial charge is 0.346 e. The number of ketones is 1. The van der Waals surface area contributed by atoms with E-state index in [-0.39, 0.29) is 17.9 Å². The zero-order chi connectivity index (χ0) is 17.4. The van der Waals surface area contributed by atoms with Crippen LogP contribution in [0.25, 0.3) is 0 Å². The summed E-state index contributed by atoms with van der Waals surface area (Å²) in [4.78, 5) is 24.1. The minimum absolute atomic E-state index is 0.00969. The van der Waals surface area contributed by atoms with Crippen LogP contribution in [0.1, 0.15) is 35.1 Å². The Morgan fingerprint density at radius 3 is 2.71 bits per heavy atom. The van der Waals surface area contributed by atoms with Gasteiger partial charge >= 0.3 is 0 Å². The van der Waals surface area contributed by atoms with E-state index in [1.807, 2.05) is 4.57 Å². The van der Waals surface area contributed by atoms with Gasteiger partial charge in [-0.05, 0) is 47.8 Å². The summed E-state index contributed by atoms with van der Waals surface area (Å²) in [5.74, 6) is -2.39. The van der Waals surface area contributed by atoms with E-state index in [4.69, 9.17) is 0 Å². The summed E-state index contributed by atoms with van der Waals surface area (Å²) in [7, 11) is 0. The molecule has 0 aliphatic carbocycles. The maximum Gasteiger partial charge on any atom is 0.258 e. The van der Waals surface area contributed by atoms with Crippen molar-refractivity contribution in [3.05, 3.63) is 51.3 Å². The minimum Gasteiger partial charge on any atom is -0.346 e. The number of hydrogen-bond donors (Lipinski definition) is 1. The Balaban J connectivity index is 1.95. The normalized spacial score (nSPS) is 13.0. The first kappa shape index (κ1) is 16.8. The van der Waals surface area contributed by atoms with Gasteiger partial charge in [0.2, 0.25) is 0 Å². The predicted molar refractivity (Wildman–Crippen MR) is 89.1 cm³/mol. The van der Waals surface area contributed by atoms with E-state index in [2.05, 4.69) is 21.2 Å². The van der Waals surface area contributed by atoms with Crippen LogP contribution in [0.2, 0.25) is 0 Å². The molecule has 0 radical (unpaired) electrons. The quantitative estimate of drug-likeness (QED) is 0.852. The average Bonchev–Trinajstić information content (AvgIpc) is 3.05. The molecule has 0 saturated carbocycles. The fraction of sp³-hybridized carbons (Fsp3) is 0.294. The van der Waals surface area contributed by atoms with Gasteiger partial charge in [0.1, 0.15) is 5.78 Å². The van der Waals surface area contributed by atoms with Crippen LogP contribution in [0.4, 0.5) is 14.5 Å². The molecule has 2 heterocycles. The molecule has 0 unspecified atom stereocenters. The number of carbonyl (C=O) groups excluding carboxylic acids is 2. The highest BCUT2D eigenvalue weighted by molar-refractivity contribution is 9.10. The first-order chi connectivity index (χ1) is 11.4. The van der Waals surface area contributed by atoms with Gasteiger partial charge in [-0.1, -0.05) is 0 Å². The van der Waals surface area contributed by atoms with Gasteiger partial charge in [0.25, 0.3) is 5.91 Å². The second-order valence-corrected chi connectivity index (χ2v) is 6.59. The van der Waals surface area contributed by atoms with E-state index in [1.54, 1.807) is 0 Å². The molecule has 2 aromatic rings. The van der Waals surface area contributed by atoms with Crippen LogP contribution in [0, 0.1) is 11.6 Å². The molecule has 1 aliphatic heterocycles. The highest BCUT2D eigenvalue weighted by Crippen LogP contribution is 2.34. The van der Waals surface area contributed by atoms with E-state index in [9.17, 15) is 18.4 Å². The molecular formula is C17H15BrF2N2O2. The number of benzene rings is 1. The number of fused-ring (bicyclic) bond motifs is 1. The summed E-state index contributed by atoms with van der Waals surface area (Å²) in [6.45, 7) is 2.26. The predicted octanol–water partition coefficient (Wildman–Crippen LogP) is 3.86. The van der Waals surface area contributed by atoms with Crippen molar-refractivity contribution in [2.45, 2.75) is 32.7 Å². The number of Topliss-reactive ketones (excluding diaryl/α,β-unsaturated/α-hetero) is 1. The van der Waals surface area contributed by atoms with Crippen molar-refractivity contribution in [1.82, 2.24) is 4.57 Å². The van der Waals surface area contributed by atoms with Crippen molar-refractivity contribution in [2.75, 3.05) is 5.32 Å². The number of aromatic nitrogens is 1. The molecule has 0 spiro atoms. The number of carbonyl (C=O) groups is 2. The van der Waals surface area contributed by atoms with Crippen LogP contribution in [0.3, 0.4) is 0 Å². The van der Waals surface area contributed by atoms with Gasteiger partial charge in [-0.2, -0.15) is 0 Å². The Kier molecular flexibility index (Phi) is 4.54. The van der Waals surface area contributed by atoms with E-state index >= 15 is 0 Å². The molecular weight excluding hydrogens is 382 g/mol. The summed E-state index contributed by atoms with van der Waals surface area (Å²) in [5, 5.41) is 2.59. The summed E-state index contributed by atoms with van der Waals surface area (Å²) >= 11 is 3.43. The van der Waals surface area contributed by atoms with Gasteiger partial charge < -0.3 is 9.88 Å². The number of rotatable bonds is 4. The first-order valence-corrected chi connectivity index (χ1v) is 8.33. The Labute approximate surface area is 146 Å². The zero-order valence-corrected chi connectivity index (χ0v) is 14.5. The molecule has 1 aliphatic rings. The van der Waals surface area contributed by atoms with Crippen LogP contribution in [-0.4, -0.2) is 16.3 Å². The monoisotopic (exact) mass is 396 g/mol. The molecule has 0 bridgehead atoms. The van der Waals surface area contributed by atoms with Crippen LogP contribution in [0.15, 0.2) is 22.7 Å². The summed E-state index contributed by atoms with van der Waals surface area (Å²) in [6.07, 6.45) is 1.88. The summed E-state index contributed by atoms with van der Waals surface area (Å²) < 4.78 is 28.9. The van der Waals surface area contributed by atoms with Gasteiger partial charge in [-0.3, -0.25) is 9.59 Å². The number of amides is 1. The van der Waals surface area contributed by atoms with Crippen molar-refractivity contribution in [3.8, 4) is 0 Å². The molecule has 0 fully saturated rings. The standard InChI is InChI=1S/C17H15BrF2N2O2/c1-9(23)7-14-16(18)15(13-3-2-6-22(13)14)17(24)21-10-4-5-11(19)12(20)8-10/h4-5,8H,2-3,6-7H2,1H3,(H,21,24). The van der Waals surface area contributed by atoms with Crippen molar-refractivity contribution in [2.24, 2.45) is 0 Å². The summed E-state index contributed by atoms with van der Waals surface area (Å²) in [5.41, 5.74) is 2.27. The molecule has 1 amide bonds. The highest BCUT2D eigenvalue weighted by atomic mass is 79.9. The lowest BCUT2D eigenvalue weighted by Crippen LogP contribution is -2.14. The summed E-state index contributed by atoms with van der Waals surface area (Å²) in [6, 6.07) is 3.20. The van der Waals surface area contributed by atoms with Crippen LogP contribution < -0.4 is 5.32 Å². The smallest absolute Gasteiger partial charge is 0.258 e. The maximum absolute atomic E-state index is 13.3. The van der Waals surface area contributed by atoms with Crippen LogP contribution in [0.5, 0.6) is 0 Å². The topological polar surface area (TPSA) is 51.1 Å². The Bertz CT molecular complexity index is 846. The third kappa shape index (κ3) is 3.00. The SMILES string of the molecule is CC(=O)Cc1c(Br)c(C(=O)Nc2ccc(F)c(F)c2)c2n1CCC2. The average molecular weight is 397 g/mol. The van der Waals surface area contributed by atoms with Crippen molar-refractivity contribution in [1.29, 1.82) is 0 Å². The Morgan fingerprint density at radius 1 is 1.29 bits per heavy atom. The van der Waals surface area contributed by atoms with E-state index in [0.717, 1.165) is 42.9 Å². The highest BCUT2D eigenvalue weighted by Gasteiger charge is 2.29. The molecule has 1 N–H and O–H groups in total. The lowest BCUT2D eigenvalue weighted by molar-refractivity contribution is -0.116. The zero-order valence-electron chi connectivity index (χ0n) is 13.0. The Morgan fingerprint density at radius 2 is 2.04 bits per heavy atom. The number of nitrogens with one attached hydrogen (secondary N) is 1. The molecule has 3 rings (SSSR count).